The molecule has 1 aromatic rings. The van der Waals surface area contributed by atoms with Crippen LogP contribution in [0.3, 0.4) is 0 Å². The summed E-state index contributed by atoms with van der Waals surface area (Å²) < 4.78 is 0. The summed E-state index contributed by atoms with van der Waals surface area (Å²) in [6.07, 6.45) is 0. The summed E-state index contributed by atoms with van der Waals surface area (Å²) in [6, 6.07) is 6.16. The molecule has 0 saturated heterocycles. The minimum atomic E-state index is -0.649. The summed E-state index contributed by atoms with van der Waals surface area (Å²) in [4.78, 5) is 21.5. The molecule has 1 rings (SSSR count). The molecule has 0 bridgehead atoms. The number of amides is 2. The Morgan fingerprint density at radius 2 is 1.23 bits per heavy atom. The molecular formula is C8H9KN2O2. The Morgan fingerprint density at radius 1 is 0.923 bits per heavy atom. The van der Waals surface area contributed by atoms with Crippen molar-refractivity contribution in [3.63, 3.8) is 0 Å². The first-order valence-corrected chi connectivity index (χ1v) is 3.31. The molecule has 4 nitrogen and oxygen atoms in total. The number of hydrogen-bond acceptors (Lipinski definition) is 2. The number of benzene rings is 1. The Morgan fingerprint density at radius 3 is 1.46 bits per heavy atom. The van der Waals surface area contributed by atoms with E-state index in [4.69, 9.17) is 11.5 Å². The molecule has 1 aromatic carbocycles. The van der Waals surface area contributed by atoms with Crippen LogP contribution in [-0.2, 0) is 0 Å². The van der Waals surface area contributed by atoms with Crippen LogP contribution in [0.15, 0.2) is 24.3 Å². The van der Waals surface area contributed by atoms with Crippen LogP contribution in [-0.4, -0.2) is 63.2 Å². The first kappa shape index (κ1) is 12.8. The molecule has 0 aliphatic rings. The maximum atomic E-state index is 10.7. The fraction of sp³-hybridized carbons (Fsp3) is 0. The molecule has 5 heteroatoms. The van der Waals surface area contributed by atoms with Crippen molar-refractivity contribution in [3.05, 3.63) is 35.4 Å². The van der Waals surface area contributed by atoms with Crippen molar-refractivity contribution >= 4 is 63.2 Å². The van der Waals surface area contributed by atoms with Crippen molar-refractivity contribution < 1.29 is 9.59 Å². The van der Waals surface area contributed by atoms with Crippen molar-refractivity contribution in [3.8, 4) is 0 Å². The van der Waals surface area contributed by atoms with E-state index in [0.717, 1.165) is 0 Å². The van der Waals surface area contributed by atoms with Crippen LogP contribution in [0.5, 0.6) is 0 Å². The van der Waals surface area contributed by atoms with Gasteiger partial charge in [0.15, 0.2) is 0 Å². The van der Waals surface area contributed by atoms with Gasteiger partial charge in [0.2, 0.25) is 11.8 Å². The van der Waals surface area contributed by atoms with Crippen molar-refractivity contribution in [1.29, 1.82) is 0 Å². The zero-order chi connectivity index (χ0) is 9.14. The summed E-state index contributed by atoms with van der Waals surface area (Å²) in [5.41, 5.74) is 10.3. The van der Waals surface area contributed by atoms with Crippen LogP contribution in [0.2, 0.25) is 0 Å². The van der Waals surface area contributed by atoms with Crippen LogP contribution < -0.4 is 11.5 Å². The topological polar surface area (TPSA) is 86.2 Å². The Labute approximate surface area is 118 Å². The Bertz CT molecular complexity index is 306. The van der Waals surface area contributed by atoms with Gasteiger partial charge in [0, 0.05) is 0 Å². The van der Waals surface area contributed by atoms with E-state index in [0.29, 0.717) is 0 Å². The first-order chi connectivity index (χ1) is 5.63. The Hall–Kier alpha value is -0.204. The van der Waals surface area contributed by atoms with Crippen LogP contribution in [0, 0.1) is 0 Å². The van der Waals surface area contributed by atoms with E-state index in [9.17, 15) is 9.59 Å². The molecule has 0 fully saturated rings. The molecule has 0 atom stereocenters. The zero-order valence-corrected chi connectivity index (χ0v) is 6.28. The molecule has 13 heavy (non-hydrogen) atoms. The van der Waals surface area contributed by atoms with Gasteiger partial charge in [-0.2, -0.15) is 0 Å². The molecule has 0 spiro atoms. The number of nitrogens with two attached hydrogens (primary N) is 2. The van der Waals surface area contributed by atoms with Gasteiger partial charge in [0.05, 0.1) is 11.1 Å². The second kappa shape index (κ2) is 5.51. The predicted molar refractivity (Wildman–Crippen MR) is 50.6 cm³/mol. The van der Waals surface area contributed by atoms with Gasteiger partial charge in [-0.1, -0.05) is 12.1 Å². The third kappa shape index (κ3) is 3.20. The van der Waals surface area contributed by atoms with E-state index in [1.807, 2.05) is 0 Å². The van der Waals surface area contributed by atoms with E-state index in [2.05, 4.69) is 0 Å². The predicted octanol–water partition coefficient (Wildman–Crippen LogP) is -0.764. The fourth-order valence-corrected chi connectivity index (χ4v) is 0.913. The maximum absolute atomic E-state index is 10.7. The number of primary amides is 2. The quantitative estimate of drug-likeness (QED) is 0.620. The summed E-state index contributed by atoms with van der Waals surface area (Å²) in [7, 11) is 0. The van der Waals surface area contributed by atoms with E-state index in [-0.39, 0.29) is 62.5 Å². The first-order valence-electron chi connectivity index (χ1n) is 3.31. The monoisotopic (exact) mass is 204 g/mol. The molecule has 0 saturated carbocycles. The van der Waals surface area contributed by atoms with Gasteiger partial charge < -0.3 is 11.5 Å². The standard InChI is InChI=1S/C8H8N2O2.K.H/c9-7(11)5-3-1-2-4-6(5)8(10)12;;/h1-4H,(H2,9,11)(H2,10,12);;. The summed E-state index contributed by atoms with van der Waals surface area (Å²) in [6.45, 7) is 0. The van der Waals surface area contributed by atoms with Gasteiger partial charge in [0.25, 0.3) is 0 Å². The van der Waals surface area contributed by atoms with Crippen molar-refractivity contribution in [2.45, 2.75) is 0 Å². The number of hydrogen-bond donors (Lipinski definition) is 2. The molecule has 0 aliphatic heterocycles. The van der Waals surface area contributed by atoms with Gasteiger partial charge in [-0.05, 0) is 12.1 Å². The van der Waals surface area contributed by atoms with Gasteiger partial charge in [-0.15, -0.1) is 0 Å². The van der Waals surface area contributed by atoms with Gasteiger partial charge in [-0.25, -0.2) is 0 Å². The SMILES string of the molecule is NC(=O)c1ccccc1C(N)=O.[KH]. The molecular weight excluding hydrogens is 195 g/mol. The molecule has 4 N–H and O–H groups in total. The molecule has 2 amide bonds. The van der Waals surface area contributed by atoms with Crippen LogP contribution in [0.25, 0.3) is 0 Å². The average Bonchev–Trinajstić information content (AvgIpc) is 2.04. The molecule has 0 radical (unpaired) electrons. The number of carbonyl (C=O) groups excluding carboxylic acids is 2. The molecule has 0 unspecified atom stereocenters. The second-order valence-electron chi connectivity index (χ2n) is 2.27. The van der Waals surface area contributed by atoms with Crippen molar-refractivity contribution in [1.82, 2.24) is 0 Å². The Kier molecular flexibility index (Phi) is 5.42. The Balaban J connectivity index is 0.00000144. The van der Waals surface area contributed by atoms with E-state index >= 15 is 0 Å². The number of carbonyl (C=O) groups is 2. The molecule has 0 aliphatic carbocycles. The van der Waals surface area contributed by atoms with Gasteiger partial charge in [-0.3, -0.25) is 9.59 Å². The molecule has 0 aromatic heterocycles. The zero-order valence-electron chi connectivity index (χ0n) is 6.28. The summed E-state index contributed by atoms with van der Waals surface area (Å²) in [5.74, 6) is -1.30. The number of rotatable bonds is 2. The summed E-state index contributed by atoms with van der Waals surface area (Å²) in [5, 5.41) is 0. The van der Waals surface area contributed by atoms with Crippen molar-refractivity contribution in [2.75, 3.05) is 0 Å². The van der Waals surface area contributed by atoms with E-state index < -0.39 is 11.8 Å². The van der Waals surface area contributed by atoms with Gasteiger partial charge in [0.1, 0.15) is 0 Å². The summed E-state index contributed by atoms with van der Waals surface area (Å²) >= 11 is 0. The average molecular weight is 204 g/mol. The van der Waals surface area contributed by atoms with Crippen LogP contribution >= 0.6 is 0 Å². The molecule has 0 heterocycles. The third-order valence-corrected chi connectivity index (χ3v) is 1.46. The van der Waals surface area contributed by atoms with E-state index in [1.54, 1.807) is 12.1 Å². The fourth-order valence-electron chi connectivity index (χ4n) is 0.913. The minimum absolute atomic E-state index is 0. The molecule has 64 valence electrons. The van der Waals surface area contributed by atoms with Gasteiger partial charge >= 0.3 is 51.4 Å². The third-order valence-electron chi connectivity index (χ3n) is 1.46. The normalized spacial score (nSPS) is 8.62. The second-order valence-corrected chi connectivity index (χ2v) is 2.27. The van der Waals surface area contributed by atoms with Crippen LogP contribution in [0.4, 0.5) is 0 Å². The van der Waals surface area contributed by atoms with Crippen LogP contribution in [0.1, 0.15) is 20.7 Å². The van der Waals surface area contributed by atoms with E-state index in [1.165, 1.54) is 12.1 Å². The van der Waals surface area contributed by atoms with Crippen molar-refractivity contribution in [2.24, 2.45) is 11.5 Å².